The number of benzene rings is 3. The normalized spacial score (nSPS) is 11.4. The average Bonchev–Trinajstić information content (AvgIpc) is 2.81. The molecular weight excluding hydrogens is 475 g/mol. The summed E-state index contributed by atoms with van der Waals surface area (Å²) in [4.78, 5) is 24.1. The molecule has 0 aromatic heterocycles. The minimum Gasteiger partial charge on any atom is -0.484 e. The van der Waals surface area contributed by atoms with Crippen molar-refractivity contribution in [2.24, 2.45) is 0 Å². The number of rotatable bonds is 7. The van der Waals surface area contributed by atoms with Gasteiger partial charge in [0.1, 0.15) is 5.75 Å². The predicted octanol–water partition coefficient (Wildman–Crippen LogP) is 3.35. The third-order valence-electron chi connectivity index (χ3n) is 4.30. The Balaban J connectivity index is 1.50. The van der Waals surface area contributed by atoms with Gasteiger partial charge in [-0.2, -0.15) is 13.2 Å². The highest BCUT2D eigenvalue weighted by Crippen LogP contribution is 2.31. The average molecular weight is 493 g/mol. The van der Waals surface area contributed by atoms with Gasteiger partial charge in [0.25, 0.3) is 21.8 Å². The summed E-state index contributed by atoms with van der Waals surface area (Å²) in [7, 11) is -3.79. The highest BCUT2D eigenvalue weighted by atomic mass is 32.2. The quantitative estimate of drug-likeness (QED) is 0.437. The number of halogens is 3. The molecule has 0 saturated carbocycles. The van der Waals surface area contributed by atoms with Crippen molar-refractivity contribution in [3.05, 3.63) is 90.0 Å². The summed E-state index contributed by atoms with van der Waals surface area (Å²) in [6.07, 6.45) is -4.55. The van der Waals surface area contributed by atoms with Crippen LogP contribution in [0.15, 0.2) is 83.8 Å². The summed E-state index contributed by atoms with van der Waals surface area (Å²) in [6.45, 7) is -0.637. The van der Waals surface area contributed by atoms with Crippen LogP contribution < -0.4 is 20.3 Å². The molecule has 0 aliphatic rings. The maximum Gasteiger partial charge on any atom is 0.416 e. The van der Waals surface area contributed by atoms with Crippen LogP contribution in [-0.4, -0.2) is 26.8 Å². The van der Waals surface area contributed by atoms with Gasteiger partial charge in [0.2, 0.25) is 0 Å². The topological polar surface area (TPSA) is 114 Å². The maximum absolute atomic E-state index is 12.7. The van der Waals surface area contributed by atoms with E-state index < -0.39 is 40.2 Å². The monoisotopic (exact) mass is 493 g/mol. The van der Waals surface area contributed by atoms with E-state index in [4.69, 9.17) is 4.74 Å². The molecule has 0 unspecified atom stereocenters. The molecule has 0 fully saturated rings. The summed E-state index contributed by atoms with van der Waals surface area (Å²) in [6, 6.07) is 17.1. The van der Waals surface area contributed by atoms with E-state index in [0.717, 1.165) is 18.2 Å². The van der Waals surface area contributed by atoms with Gasteiger partial charge in [-0.25, -0.2) is 8.42 Å². The molecule has 8 nitrogen and oxygen atoms in total. The number of hydrazine groups is 1. The number of ether oxygens (including phenoxy) is 1. The largest absolute Gasteiger partial charge is 0.484 e. The molecule has 12 heteroatoms. The van der Waals surface area contributed by atoms with Crippen LogP contribution in [0.1, 0.15) is 15.9 Å². The lowest BCUT2D eigenvalue weighted by Gasteiger charge is -2.11. The van der Waals surface area contributed by atoms with E-state index in [1.165, 1.54) is 42.5 Å². The van der Waals surface area contributed by atoms with Gasteiger partial charge in [0.05, 0.1) is 10.5 Å². The van der Waals surface area contributed by atoms with Crippen molar-refractivity contribution in [3.63, 3.8) is 0 Å². The van der Waals surface area contributed by atoms with E-state index in [1.807, 2.05) is 0 Å². The van der Waals surface area contributed by atoms with Gasteiger partial charge in [-0.1, -0.05) is 24.3 Å². The van der Waals surface area contributed by atoms with Crippen LogP contribution in [-0.2, 0) is 21.0 Å². The van der Waals surface area contributed by atoms with Crippen molar-refractivity contribution in [1.29, 1.82) is 0 Å². The highest BCUT2D eigenvalue weighted by molar-refractivity contribution is 7.92. The predicted molar refractivity (Wildman–Crippen MR) is 116 cm³/mol. The van der Waals surface area contributed by atoms with Crippen LogP contribution >= 0.6 is 0 Å². The summed E-state index contributed by atoms with van der Waals surface area (Å²) in [5, 5.41) is 0. The number of amides is 2. The molecule has 3 aromatic rings. The molecule has 34 heavy (non-hydrogen) atoms. The number of anilines is 1. The molecule has 0 saturated heterocycles. The van der Waals surface area contributed by atoms with E-state index in [2.05, 4.69) is 15.6 Å². The standard InChI is InChI=1S/C22H18F3N3O5S/c23-22(24,25)16-5-4-6-18(13-16)33-14-20(29)26-27-21(30)15-9-11-17(12-10-15)28-34(31,32)19-7-2-1-3-8-19/h1-13,28H,14H2,(H,26,29)(H,27,30). The second-order valence-electron chi connectivity index (χ2n) is 6.81. The van der Waals surface area contributed by atoms with E-state index in [1.54, 1.807) is 18.2 Å². The molecular formula is C22H18F3N3O5S. The molecule has 0 spiro atoms. The number of hydrogen-bond donors (Lipinski definition) is 3. The van der Waals surface area contributed by atoms with Crippen molar-refractivity contribution in [2.75, 3.05) is 11.3 Å². The summed E-state index contributed by atoms with van der Waals surface area (Å²) >= 11 is 0. The summed E-state index contributed by atoms with van der Waals surface area (Å²) in [5.41, 5.74) is 3.61. The second-order valence-corrected chi connectivity index (χ2v) is 8.49. The van der Waals surface area contributed by atoms with Crippen molar-refractivity contribution in [2.45, 2.75) is 11.1 Å². The van der Waals surface area contributed by atoms with Crippen LogP contribution in [0.5, 0.6) is 5.75 Å². The highest BCUT2D eigenvalue weighted by Gasteiger charge is 2.30. The number of nitrogens with one attached hydrogen (secondary N) is 3. The zero-order valence-electron chi connectivity index (χ0n) is 17.3. The maximum atomic E-state index is 12.7. The molecule has 0 radical (unpaired) electrons. The minimum absolute atomic E-state index is 0.0758. The molecule has 3 aromatic carbocycles. The number of hydrogen-bond acceptors (Lipinski definition) is 5. The molecule has 2 amide bonds. The number of alkyl halides is 3. The second kappa shape index (κ2) is 10.3. The number of carbonyl (C=O) groups is 2. The Bertz CT molecular complexity index is 1260. The van der Waals surface area contributed by atoms with Crippen molar-refractivity contribution in [3.8, 4) is 5.75 Å². The fourth-order valence-corrected chi connectivity index (χ4v) is 3.73. The fourth-order valence-electron chi connectivity index (χ4n) is 2.65. The lowest BCUT2D eigenvalue weighted by Crippen LogP contribution is -2.43. The Morgan fingerprint density at radius 2 is 1.53 bits per heavy atom. The third kappa shape index (κ3) is 6.72. The Labute approximate surface area is 192 Å². The van der Waals surface area contributed by atoms with Crippen LogP contribution in [0, 0.1) is 0 Å². The molecule has 3 N–H and O–H groups in total. The third-order valence-corrected chi connectivity index (χ3v) is 5.70. The van der Waals surface area contributed by atoms with Gasteiger partial charge in [0.15, 0.2) is 6.61 Å². The van der Waals surface area contributed by atoms with E-state index >= 15 is 0 Å². The van der Waals surface area contributed by atoms with Crippen molar-refractivity contribution in [1.82, 2.24) is 10.9 Å². The first-order valence-corrected chi connectivity index (χ1v) is 11.1. The Morgan fingerprint density at radius 3 is 2.18 bits per heavy atom. The van der Waals surface area contributed by atoms with Gasteiger partial charge >= 0.3 is 6.18 Å². The Morgan fingerprint density at radius 1 is 0.853 bits per heavy atom. The van der Waals surface area contributed by atoms with Crippen molar-refractivity contribution >= 4 is 27.5 Å². The molecule has 0 aliphatic carbocycles. The van der Waals surface area contributed by atoms with Gasteiger partial charge in [-0.15, -0.1) is 0 Å². The molecule has 0 bridgehead atoms. The molecule has 178 valence electrons. The van der Waals surface area contributed by atoms with E-state index in [9.17, 15) is 31.2 Å². The van der Waals surface area contributed by atoms with E-state index in [-0.39, 0.29) is 21.9 Å². The Hall–Kier alpha value is -4.06. The van der Waals surface area contributed by atoms with Gasteiger partial charge in [0, 0.05) is 11.3 Å². The molecule has 0 aliphatic heterocycles. The van der Waals surface area contributed by atoms with Gasteiger partial charge < -0.3 is 4.74 Å². The minimum atomic E-state index is -4.55. The van der Waals surface area contributed by atoms with E-state index in [0.29, 0.717) is 0 Å². The van der Waals surface area contributed by atoms with Crippen LogP contribution in [0.25, 0.3) is 0 Å². The fraction of sp³-hybridized carbons (Fsp3) is 0.0909. The van der Waals surface area contributed by atoms with Gasteiger partial charge in [-0.05, 0) is 54.6 Å². The number of carbonyl (C=O) groups excluding carboxylic acids is 2. The zero-order chi connectivity index (χ0) is 24.8. The zero-order valence-corrected chi connectivity index (χ0v) is 18.1. The SMILES string of the molecule is O=C(COc1cccc(C(F)(F)F)c1)NNC(=O)c1ccc(NS(=O)(=O)c2ccccc2)cc1. The smallest absolute Gasteiger partial charge is 0.416 e. The molecule has 0 atom stereocenters. The molecule has 0 heterocycles. The lowest BCUT2D eigenvalue weighted by atomic mass is 10.2. The number of sulfonamides is 1. The summed E-state index contributed by atoms with van der Waals surface area (Å²) in [5.74, 6) is -1.67. The van der Waals surface area contributed by atoms with Crippen LogP contribution in [0.3, 0.4) is 0 Å². The molecule has 3 rings (SSSR count). The van der Waals surface area contributed by atoms with Gasteiger partial charge in [-0.3, -0.25) is 25.2 Å². The Kier molecular flexibility index (Phi) is 7.41. The first-order chi connectivity index (χ1) is 16.0. The first-order valence-electron chi connectivity index (χ1n) is 9.62. The van der Waals surface area contributed by atoms with Crippen molar-refractivity contribution < 1.29 is 35.9 Å². The first kappa shape index (κ1) is 24.6. The van der Waals surface area contributed by atoms with Crippen LogP contribution in [0.2, 0.25) is 0 Å². The lowest BCUT2D eigenvalue weighted by molar-refractivity contribution is -0.137. The van der Waals surface area contributed by atoms with Crippen LogP contribution in [0.4, 0.5) is 18.9 Å². The summed E-state index contributed by atoms with van der Waals surface area (Å²) < 4.78 is 70.2.